The summed E-state index contributed by atoms with van der Waals surface area (Å²) in [6.45, 7) is 18.2. The number of carbonyl (C=O) groups excluding carboxylic acids is 3. The predicted molar refractivity (Wildman–Crippen MR) is 266 cm³/mol. The van der Waals surface area contributed by atoms with Crippen LogP contribution < -0.4 is 14.8 Å². The summed E-state index contributed by atoms with van der Waals surface area (Å²) in [5, 5.41) is 46.8. The van der Waals surface area contributed by atoms with Crippen LogP contribution in [0.25, 0.3) is 6.08 Å². The van der Waals surface area contributed by atoms with E-state index in [9.17, 15) is 49.4 Å². The number of benzene rings is 2. The van der Waals surface area contributed by atoms with Gasteiger partial charge in [0, 0.05) is 52.1 Å². The van der Waals surface area contributed by atoms with Crippen LogP contribution in [0.4, 0.5) is 5.69 Å². The molecule has 5 aliphatic rings. The standard InChI is InChI=1S/C38H46O9.C17H18N2O6/c1-21(2)11-10-18-36(8)19-17-24-29(39)28-30(40)26-12-9-13-27-35(6,7)47-37(34(43)44,20-16-23(5)33(41)42)38(26,27)46-32(28)25(31(24)45-36)15-14-22(3)4;1-9-13(16(20)24-3)15(14(10(2)18-9)17(21)25-4)11-7-5-6-8-12(11)19(22)23/h11-12,14,16-17,19,27,39H,9-10,13,15,18,20H2,1-8H3,(H,41,42)(H,43,44);5-8,15,18H,1-4H3. The second-order valence-corrected chi connectivity index (χ2v) is 19.9. The lowest BCUT2D eigenvalue weighted by molar-refractivity contribution is -0.385. The highest BCUT2D eigenvalue weighted by atomic mass is 16.6. The first-order chi connectivity index (χ1) is 33.7. The minimum atomic E-state index is -2.16. The SMILES string of the molecule is CC(C)=CCCC1(C)C=Cc2c(O)c3c(c(CC=C(C)C)c2O1)OC12C(=CCCC1C(C)(C)OC2(CC=C(C)C(=O)O)C(=O)O)C3=O.COC(=O)C1=C(C)NC(C)=C(C(=O)OC)C1c1ccccc1[N+](=O)[O-]. The summed E-state index contributed by atoms with van der Waals surface area (Å²) in [6, 6.07) is 5.97. The van der Waals surface area contributed by atoms with Crippen molar-refractivity contribution in [3.05, 3.63) is 132 Å². The number of fused-ring (bicyclic) bond motifs is 2. The van der Waals surface area contributed by atoms with Gasteiger partial charge in [-0.15, -0.1) is 0 Å². The number of nitrogens with zero attached hydrogens (tertiary/aromatic N) is 1. The fraction of sp³-hybridized carbons (Fsp3) is 0.436. The molecule has 0 aromatic heterocycles. The molecule has 0 bridgehead atoms. The third-order valence-corrected chi connectivity index (χ3v) is 14.1. The zero-order valence-electron chi connectivity index (χ0n) is 42.9. The van der Waals surface area contributed by atoms with Crippen LogP contribution in [-0.2, 0) is 39.8 Å². The normalized spacial score (nSPS) is 23.7. The molecule has 1 aliphatic carbocycles. The van der Waals surface area contributed by atoms with Crippen LogP contribution in [0.2, 0.25) is 0 Å². The van der Waals surface area contributed by atoms with E-state index in [1.54, 1.807) is 45.9 Å². The number of dihydropyridines is 1. The van der Waals surface area contributed by atoms with Crippen LogP contribution in [-0.4, -0.2) is 86.5 Å². The maximum Gasteiger partial charge on any atom is 0.340 e. The number of carboxylic acid groups (broad SMARTS) is 2. The number of nitrogens with one attached hydrogen (secondary N) is 1. The number of phenolic OH excluding ortho intramolecular Hbond substituents is 1. The summed E-state index contributed by atoms with van der Waals surface area (Å²) in [6.07, 6.45) is 13.1. The summed E-state index contributed by atoms with van der Waals surface area (Å²) in [5.74, 6) is -5.86. The fourth-order valence-electron chi connectivity index (χ4n) is 10.6. The average Bonchev–Trinajstić information content (AvgIpc) is 3.52. The Morgan fingerprint density at radius 1 is 0.903 bits per heavy atom. The van der Waals surface area contributed by atoms with Crippen molar-refractivity contribution in [2.75, 3.05) is 14.2 Å². The van der Waals surface area contributed by atoms with Crippen LogP contribution >= 0.6 is 0 Å². The summed E-state index contributed by atoms with van der Waals surface area (Å²) < 4.78 is 29.9. The van der Waals surface area contributed by atoms with E-state index >= 15 is 0 Å². The minimum Gasteiger partial charge on any atom is -0.506 e. The highest BCUT2D eigenvalue weighted by molar-refractivity contribution is 6.17. The van der Waals surface area contributed by atoms with Crippen molar-refractivity contribution in [2.45, 2.75) is 136 Å². The Balaban J connectivity index is 0.000000285. The number of aliphatic carboxylic acids is 2. The monoisotopic (exact) mass is 992 g/mol. The second kappa shape index (κ2) is 20.5. The largest absolute Gasteiger partial charge is 0.506 e. The average molecular weight is 993 g/mol. The van der Waals surface area contributed by atoms with Crippen LogP contribution in [0.3, 0.4) is 0 Å². The van der Waals surface area contributed by atoms with Gasteiger partial charge < -0.3 is 44.3 Å². The molecule has 4 unspecified atom stereocenters. The molecule has 0 amide bonds. The molecular weight excluding hydrogens is 929 g/mol. The zero-order valence-corrected chi connectivity index (χ0v) is 42.9. The summed E-state index contributed by atoms with van der Waals surface area (Å²) in [7, 11) is 2.42. The number of para-hydroxylation sites is 1. The van der Waals surface area contributed by atoms with Crippen molar-refractivity contribution >= 4 is 41.4 Å². The van der Waals surface area contributed by atoms with E-state index in [1.165, 1.54) is 51.0 Å². The minimum absolute atomic E-state index is 0.0407. The van der Waals surface area contributed by atoms with E-state index in [1.807, 2.05) is 46.8 Å². The highest BCUT2D eigenvalue weighted by Gasteiger charge is 2.77. The molecule has 2 aromatic carbocycles. The number of esters is 2. The Morgan fingerprint density at radius 3 is 2.07 bits per heavy atom. The van der Waals surface area contributed by atoms with E-state index in [0.29, 0.717) is 54.0 Å². The molecule has 0 saturated carbocycles. The Bertz CT molecular complexity index is 2830. The first-order valence-electron chi connectivity index (χ1n) is 23.7. The van der Waals surface area contributed by atoms with Crippen molar-refractivity contribution in [2.24, 2.45) is 5.92 Å². The van der Waals surface area contributed by atoms with Crippen molar-refractivity contribution < 1.29 is 67.9 Å². The molecule has 72 heavy (non-hydrogen) atoms. The van der Waals surface area contributed by atoms with E-state index in [4.69, 9.17) is 23.7 Å². The number of phenols is 1. The third-order valence-electron chi connectivity index (χ3n) is 14.1. The molecule has 4 aliphatic heterocycles. The number of carboxylic acids is 2. The molecule has 4 atom stereocenters. The van der Waals surface area contributed by atoms with E-state index in [-0.39, 0.29) is 57.0 Å². The zero-order chi connectivity index (χ0) is 53.4. The van der Waals surface area contributed by atoms with Crippen LogP contribution in [0.15, 0.2) is 99.5 Å². The number of methoxy groups -OCH3 is 2. The first kappa shape index (κ1) is 54.1. The van der Waals surface area contributed by atoms with Crippen molar-refractivity contribution in [3.63, 3.8) is 0 Å². The van der Waals surface area contributed by atoms with Crippen LogP contribution in [0, 0.1) is 16.0 Å². The highest BCUT2D eigenvalue weighted by Crippen LogP contribution is 2.64. The van der Waals surface area contributed by atoms with Crippen molar-refractivity contribution in [1.82, 2.24) is 5.32 Å². The van der Waals surface area contributed by atoms with Gasteiger partial charge >= 0.3 is 23.9 Å². The number of allylic oxidation sites excluding steroid dienone is 7. The van der Waals surface area contributed by atoms with Crippen molar-refractivity contribution in [1.29, 1.82) is 0 Å². The summed E-state index contributed by atoms with van der Waals surface area (Å²) in [4.78, 5) is 75.6. The molecular formula is C55H64N2O15. The molecule has 0 radical (unpaired) electrons. The fourth-order valence-corrected chi connectivity index (χ4v) is 10.6. The van der Waals surface area contributed by atoms with E-state index in [0.717, 1.165) is 12.0 Å². The van der Waals surface area contributed by atoms with Gasteiger partial charge in [0.25, 0.3) is 5.69 Å². The van der Waals surface area contributed by atoms with E-state index in [2.05, 4.69) is 11.4 Å². The molecule has 17 nitrogen and oxygen atoms in total. The topological polar surface area (TPSA) is 247 Å². The number of carbonyl (C=O) groups is 5. The van der Waals surface area contributed by atoms with Gasteiger partial charge in [-0.1, -0.05) is 53.6 Å². The van der Waals surface area contributed by atoms with Gasteiger partial charge in [-0.3, -0.25) is 14.9 Å². The molecule has 4 N–H and O–H groups in total. The van der Waals surface area contributed by atoms with Gasteiger partial charge in [0.2, 0.25) is 5.60 Å². The Hall–Kier alpha value is -7.27. The second-order valence-electron chi connectivity index (χ2n) is 19.9. The molecule has 1 fully saturated rings. The number of rotatable bonds is 13. The number of Topliss-reactive ketones (excluding diaryl/α,β-unsaturated/α-hetero) is 1. The number of ether oxygens (including phenoxy) is 5. The molecule has 384 valence electrons. The molecule has 2 aromatic rings. The number of nitro benzene ring substituents is 1. The first-order valence-corrected chi connectivity index (χ1v) is 23.7. The van der Waals surface area contributed by atoms with Gasteiger partial charge in [0.05, 0.1) is 47.4 Å². The van der Waals surface area contributed by atoms with Crippen LogP contribution in [0.5, 0.6) is 17.2 Å². The quantitative estimate of drug-likeness (QED) is 0.0479. The number of hydrogen-bond donors (Lipinski definition) is 4. The smallest absolute Gasteiger partial charge is 0.340 e. The van der Waals surface area contributed by atoms with Crippen LogP contribution in [0.1, 0.15) is 134 Å². The van der Waals surface area contributed by atoms with Gasteiger partial charge in [-0.25, -0.2) is 19.2 Å². The lowest BCUT2D eigenvalue weighted by atomic mass is 9.60. The predicted octanol–water partition coefficient (Wildman–Crippen LogP) is 9.69. The lowest BCUT2D eigenvalue weighted by Crippen LogP contribution is -2.66. The molecule has 17 heteroatoms. The maximum absolute atomic E-state index is 14.7. The maximum atomic E-state index is 14.7. The number of ketones is 1. The number of aromatic hydroxyl groups is 1. The summed E-state index contributed by atoms with van der Waals surface area (Å²) in [5.41, 5.74) is -1.48. The lowest BCUT2D eigenvalue weighted by Gasteiger charge is -2.50. The Kier molecular flexibility index (Phi) is 15.4. The summed E-state index contributed by atoms with van der Waals surface area (Å²) >= 11 is 0. The van der Waals surface area contributed by atoms with E-state index < -0.39 is 68.8 Å². The molecule has 1 saturated heterocycles. The van der Waals surface area contributed by atoms with Gasteiger partial charge in [-0.2, -0.15) is 0 Å². The van der Waals surface area contributed by atoms with Gasteiger partial charge in [0.15, 0.2) is 11.4 Å². The third kappa shape index (κ3) is 9.49. The molecule has 1 spiro atoms. The van der Waals surface area contributed by atoms with Crippen molar-refractivity contribution in [3.8, 4) is 17.2 Å². The number of nitro groups is 1. The van der Waals surface area contributed by atoms with Gasteiger partial charge in [0.1, 0.15) is 28.4 Å². The molecule has 4 heterocycles. The Labute approximate surface area is 418 Å². The number of hydrogen-bond acceptors (Lipinski definition) is 14. The molecule has 7 rings (SSSR count). The Morgan fingerprint density at radius 2 is 1.51 bits per heavy atom. The van der Waals surface area contributed by atoms with Gasteiger partial charge in [-0.05, 0) is 113 Å².